The Kier molecular flexibility index (Phi) is 5.20. The van der Waals surface area contributed by atoms with E-state index in [0.717, 1.165) is 10.7 Å². The van der Waals surface area contributed by atoms with Gasteiger partial charge in [0.2, 0.25) is 5.91 Å². The lowest BCUT2D eigenvalue weighted by Gasteiger charge is -2.03. The van der Waals surface area contributed by atoms with Gasteiger partial charge < -0.3 is 4.74 Å². The van der Waals surface area contributed by atoms with Gasteiger partial charge in [-0.2, -0.15) is 0 Å². The molecule has 0 saturated carbocycles. The van der Waals surface area contributed by atoms with E-state index in [1.165, 1.54) is 41.9 Å². The SMILES string of the molecule is COc1ccc(-c2csc(NC(=O)/C=C/c3csc(C)n3)n2)cc1F. The summed E-state index contributed by atoms with van der Waals surface area (Å²) in [7, 11) is 1.41. The molecule has 0 spiro atoms. The first-order valence-electron chi connectivity index (χ1n) is 7.26. The van der Waals surface area contributed by atoms with Gasteiger partial charge in [-0.15, -0.1) is 22.7 Å². The van der Waals surface area contributed by atoms with E-state index in [1.54, 1.807) is 23.6 Å². The molecule has 0 radical (unpaired) electrons. The Bertz CT molecular complexity index is 934. The van der Waals surface area contributed by atoms with Gasteiger partial charge in [0, 0.05) is 22.4 Å². The number of thiazole rings is 2. The van der Waals surface area contributed by atoms with Crippen LogP contribution >= 0.6 is 22.7 Å². The number of ether oxygens (including phenoxy) is 1. The average Bonchev–Trinajstić information content (AvgIpc) is 3.22. The second kappa shape index (κ2) is 7.54. The molecule has 1 N–H and O–H groups in total. The molecule has 0 aliphatic carbocycles. The fourth-order valence-electron chi connectivity index (χ4n) is 2.05. The molecule has 8 heteroatoms. The highest BCUT2D eigenvalue weighted by Gasteiger charge is 2.09. The summed E-state index contributed by atoms with van der Waals surface area (Å²) in [5.41, 5.74) is 1.94. The molecule has 0 saturated heterocycles. The number of carbonyl (C=O) groups is 1. The summed E-state index contributed by atoms with van der Waals surface area (Å²) in [4.78, 5) is 20.5. The monoisotopic (exact) mass is 375 g/mol. The molecule has 5 nitrogen and oxygen atoms in total. The van der Waals surface area contributed by atoms with E-state index in [2.05, 4.69) is 15.3 Å². The highest BCUT2D eigenvalue weighted by atomic mass is 32.1. The maximum absolute atomic E-state index is 13.8. The number of halogens is 1. The van der Waals surface area contributed by atoms with E-state index in [0.29, 0.717) is 16.4 Å². The number of amides is 1. The molecular weight excluding hydrogens is 361 g/mol. The number of carbonyl (C=O) groups excluding carboxylic acids is 1. The summed E-state index contributed by atoms with van der Waals surface area (Å²) in [6.07, 6.45) is 3.05. The molecule has 0 bridgehead atoms. The van der Waals surface area contributed by atoms with Gasteiger partial charge in [0.05, 0.1) is 23.5 Å². The number of benzene rings is 1. The molecule has 1 amide bonds. The third-order valence-corrected chi connectivity index (χ3v) is 4.77. The highest BCUT2D eigenvalue weighted by molar-refractivity contribution is 7.14. The Morgan fingerprint density at radius 3 is 2.80 bits per heavy atom. The number of nitrogens with zero attached hydrogens (tertiary/aromatic N) is 2. The van der Waals surface area contributed by atoms with Gasteiger partial charge in [-0.3, -0.25) is 10.1 Å². The predicted octanol–water partition coefficient (Wildman–Crippen LogP) is 4.37. The van der Waals surface area contributed by atoms with E-state index in [9.17, 15) is 9.18 Å². The zero-order valence-electron chi connectivity index (χ0n) is 13.4. The molecule has 0 atom stereocenters. The Balaban J connectivity index is 1.68. The van der Waals surface area contributed by atoms with Crippen LogP contribution in [0.1, 0.15) is 10.7 Å². The van der Waals surface area contributed by atoms with Gasteiger partial charge in [0.1, 0.15) is 0 Å². The summed E-state index contributed by atoms with van der Waals surface area (Å²) in [5.74, 6) is -0.581. The van der Waals surface area contributed by atoms with Crippen LogP contribution in [0.5, 0.6) is 5.75 Å². The van der Waals surface area contributed by atoms with Gasteiger partial charge in [-0.25, -0.2) is 14.4 Å². The largest absolute Gasteiger partial charge is 0.494 e. The van der Waals surface area contributed by atoms with Crippen LogP contribution in [0.3, 0.4) is 0 Å². The standard InChI is InChI=1S/C17H14FN3O2S2/c1-10-19-12(8-24-10)4-6-16(22)21-17-20-14(9-25-17)11-3-5-15(23-2)13(18)7-11/h3-9H,1-2H3,(H,20,21,22)/b6-4+. The van der Waals surface area contributed by atoms with E-state index in [-0.39, 0.29) is 11.7 Å². The fraction of sp³-hybridized carbons (Fsp3) is 0.118. The maximum atomic E-state index is 13.8. The van der Waals surface area contributed by atoms with Gasteiger partial charge in [-0.05, 0) is 31.2 Å². The first-order chi connectivity index (χ1) is 12.0. The van der Waals surface area contributed by atoms with Crippen molar-refractivity contribution in [1.29, 1.82) is 0 Å². The zero-order chi connectivity index (χ0) is 17.8. The number of nitrogens with one attached hydrogen (secondary N) is 1. The van der Waals surface area contributed by atoms with Crippen molar-refractivity contribution in [3.8, 4) is 17.0 Å². The lowest BCUT2D eigenvalue weighted by atomic mass is 10.1. The average molecular weight is 375 g/mol. The van der Waals surface area contributed by atoms with Crippen LogP contribution in [-0.2, 0) is 4.79 Å². The van der Waals surface area contributed by atoms with Crippen molar-refractivity contribution in [1.82, 2.24) is 9.97 Å². The Labute approximate surface area is 151 Å². The molecule has 1 aromatic carbocycles. The van der Waals surface area contributed by atoms with Gasteiger partial charge >= 0.3 is 0 Å². The lowest BCUT2D eigenvalue weighted by Crippen LogP contribution is -2.07. The summed E-state index contributed by atoms with van der Waals surface area (Å²) in [5, 5.41) is 7.69. The molecule has 0 unspecified atom stereocenters. The van der Waals surface area contributed by atoms with Crippen LogP contribution in [0.15, 0.2) is 35.0 Å². The molecule has 2 heterocycles. The summed E-state index contributed by atoms with van der Waals surface area (Å²) >= 11 is 2.79. The van der Waals surface area contributed by atoms with E-state index in [4.69, 9.17) is 4.74 Å². The zero-order valence-corrected chi connectivity index (χ0v) is 15.1. The second-order valence-electron chi connectivity index (χ2n) is 5.00. The first-order valence-corrected chi connectivity index (χ1v) is 9.01. The Morgan fingerprint density at radius 1 is 1.28 bits per heavy atom. The normalized spacial score (nSPS) is 11.0. The third kappa shape index (κ3) is 4.28. The number of hydrogen-bond donors (Lipinski definition) is 1. The van der Waals surface area contributed by atoms with Crippen LogP contribution in [0.2, 0.25) is 0 Å². The van der Waals surface area contributed by atoms with Gasteiger partial charge in [0.15, 0.2) is 16.7 Å². The number of anilines is 1. The number of rotatable bonds is 5. The maximum Gasteiger partial charge on any atom is 0.250 e. The van der Waals surface area contributed by atoms with Crippen molar-refractivity contribution < 1.29 is 13.9 Å². The minimum absolute atomic E-state index is 0.176. The van der Waals surface area contributed by atoms with Crippen molar-refractivity contribution in [2.24, 2.45) is 0 Å². The van der Waals surface area contributed by atoms with Crippen LogP contribution in [0, 0.1) is 12.7 Å². The molecule has 3 rings (SSSR count). The van der Waals surface area contributed by atoms with Crippen molar-refractivity contribution in [3.63, 3.8) is 0 Å². The molecule has 25 heavy (non-hydrogen) atoms. The van der Waals surface area contributed by atoms with Crippen LogP contribution in [-0.4, -0.2) is 23.0 Å². The lowest BCUT2D eigenvalue weighted by molar-refractivity contribution is -0.111. The molecule has 2 aromatic heterocycles. The smallest absolute Gasteiger partial charge is 0.250 e. The highest BCUT2D eigenvalue weighted by Crippen LogP contribution is 2.28. The van der Waals surface area contributed by atoms with Crippen molar-refractivity contribution >= 4 is 39.8 Å². The van der Waals surface area contributed by atoms with E-state index < -0.39 is 5.82 Å². The number of aryl methyl sites for hydroxylation is 1. The minimum Gasteiger partial charge on any atom is -0.494 e. The van der Waals surface area contributed by atoms with Gasteiger partial charge in [-0.1, -0.05) is 0 Å². The van der Waals surface area contributed by atoms with Crippen LogP contribution in [0.4, 0.5) is 9.52 Å². The first kappa shape index (κ1) is 17.2. The fourth-order valence-corrected chi connectivity index (χ4v) is 3.36. The number of methoxy groups -OCH3 is 1. The van der Waals surface area contributed by atoms with Crippen molar-refractivity contribution in [2.75, 3.05) is 12.4 Å². The summed E-state index contributed by atoms with van der Waals surface area (Å²) in [6, 6.07) is 4.61. The molecular formula is C17H14FN3O2S2. The molecule has 0 aliphatic heterocycles. The molecule has 128 valence electrons. The quantitative estimate of drug-likeness (QED) is 0.673. The number of hydrogen-bond acceptors (Lipinski definition) is 6. The Hall–Kier alpha value is -2.58. The van der Waals surface area contributed by atoms with Gasteiger partial charge in [0.25, 0.3) is 0 Å². The molecule has 0 fully saturated rings. The minimum atomic E-state index is -0.458. The second-order valence-corrected chi connectivity index (χ2v) is 6.92. The summed E-state index contributed by atoms with van der Waals surface area (Å²) in [6.45, 7) is 1.90. The van der Waals surface area contributed by atoms with E-state index in [1.807, 2.05) is 12.3 Å². The van der Waals surface area contributed by atoms with E-state index >= 15 is 0 Å². The predicted molar refractivity (Wildman–Crippen MR) is 98.6 cm³/mol. The Morgan fingerprint density at radius 2 is 2.12 bits per heavy atom. The van der Waals surface area contributed by atoms with Crippen LogP contribution in [0.25, 0.3) is 17.3 Å². The van der Waals surface area contributed by atoms with Crippen molar-refractivity contribution in [3.05, 3.63) is 51.6 Å². The number of aromatic nitrogens is 2. The van der Waals surface area contributed by atoms with Crippen molar-refractivity contribution in [2.45, 2.75) is 6.92 Å². The topological polar surface area (TPSA) is 64.1 Å². The molecule has 0 aliphatic rings. The molecule has 3 aromatic rings. The third-order valence-electron chi connectivity index (χ3n) is 3.22. The van der Waals surface area contributed by atoms with Crippen LogP contribution < -0.4 is 10.1 Å². The summed E-state index contributed by atoms with van der Waals surface area (Å²) < 4.78 is 18.7.